The van der Waals surface area contributed by atoms with Crippen LogP contribution in [0.15, 0.2) is 0 Å². The molecule has 0 aliphatic carbocycles. The van der Waals surface area contributed by atoms with Crippen LogP contribution in [0.5, 0.6) is 0 Å². The lowest BCUT2D eigenvalue weighted by molar-refractivity contribution is -0.137. The van der Waals surface area contributed by atoms with Gasteiger partial charge < -0.3 is 5.11 Å². The maximum Gasteiger partial charge on any atom is 0.304 e. The van der Waals surface area contributed by atoms with Crippen LogP contribution < -0.4 is 4.72 Å². The highest BCUT2D eigenvalue weighted by atomic mass is 32.2. The summed E-state index contributed by atoms with van der Waals surface area (Å²) in [6.45, 7) is 2.41. The summed E-state index contributed by atoms with van der Waals surface area (Å²) < 4.78 is 27.3. The third kappa shape index (κ3) is 4.75. The maximum atomic E-state index is 11.9. The minimum Gasteiger partial charge on any atom is -0.481 e. The molecule has 0 bridgehead atoms. The molecular weight excluding hydrogens is 276 g/mol. The monoisotopic (exact) mass is 296 g/mol. The second kappa shape index (κ2) is 6.23. The van der Waals surface area contributed by atoms with Crippen molar-refractivity contribution in [3.05, 3.63) is 0 Å². The predicted molar refractivity (Wildman–Crippen MR) is 71.9 cm³/mol. The number of aliphatic carboxylic acids is 1. The van der Waals surface area contributed by atoms with E-state index in [1.807, 2.05) is 6.92 Å². The summed E-state index contributed by atoms with van der Waals surface area (Å²) in [6.07, 6.45) is 1.92. The van der Waals surface area contributed by atoms with E-state index in [4.69, 9.17) is 5.11 Å². The van der Waals surface area contributed by atoms with Crippen molar-refractivity contribution in [3.8, 4) is 0 Å². The molecule has 0 radical (unpaired) electrons. The highest BCUT2D eigenvalue weighted by Gasteiger charge is 2.31. The molecule has 1 saturated heterocycles. The fraction of sp³-hybridized carbons (Fsp3) is 0.900. The SMILES string of the molecule is CN(CCC(=O)O)S(=O)(=O)NCC1(C)CCCS1. The molecule has 1 atom stereocenters. The van der Waals surface area contributed by atoms with Crippen molar-refractivity contribution in [2.24, 2.45) is 0 Å². The molecule has 0 saturated carbocycles. The Labute approximate surface area is 112 Å². The highest BCUT2D eigenvalue weighted by molar-refractivity contribution is 8.00. The molecule has 1 aliphatic heterocycles. The minimum absolute atomic E-state index is 0.0193. The van der Waals surface area contributed by atoms with Gasteiger partial charge in [0, 0.05) is 24.9 Å². The zero-order valence-electron chi connectivity index (χ0n) is 10.7. The number of carboxylic acids is 1. The summed E-state index contributed by atoms with van der Waals surface area (Å²) >= 11 is 1.78. The molecule has 1 heterocycles. The number of thioether (sulfide) groups is 1. The molecule has 1 aliphatic rings. The summed E-state index contributed by atoms with van der Waals surface area (Å²) in [6, 6.07) is 0. The van der Waals surface area contributed by atoms with Crippen molar-refractivity contribution < 1.29 is 18.3 Å². The van der Waals surface area contributed by atoms with Crippen molar-refractivity contribution in [2.75, 3.05) is 25.9 Å². The number of hydrogen-bond donors (Lipinski definition) is 2. The Balaban J connectivity index is 2.45. The highest BCUT2D eigenvalue weighted by Crippen LogP contribution is 2.37. The van der Waals surface area contributed by atoms with Crippen LogP contribution in [0.4, 0.5) is 0 Å². The van der Waals surface area contributed by atoms with Crippen molar-refractivity contribution in [1.82, 2.24) is 9.03 Å². The van der Waals surface area contributed by atoms with Gasteiger partial charge in [-0.3, -0.25) is 4.79 Å². The van der Waals surface area contributed by atoms with Gasteiger partial charge in [-0.1, -0.05) is 0 Å². The molecule has 8 heteroatoms. The van der Waals surface area contributed by atoms with Crippen molar-refractivity contribution >= 4 is 27.9 Å². The van der Waals surface area contributed by atoms with E-state index in [1.165, 1.54) is 7.05 Å². The molecular formula is C10H20N2O4S2. The van der Waals surface area contributed by atoms with Gasteiger partial charge in [0.2, 0.25) is 0 Å². The van der Waals surface area contributed by atoms with Crippen LogP contribution in [0.2, 0.25) is 0 Å². The molecule has 0 aromatic heterocycles. The number of nitrogens with one attached hydrogen (secondary N) is 1. The van der Waals surface area contributed by atoms with E-state index < -0.39 is 16.2 Å². The minimum atomic E-state index is -3.57. The molecule has 18 heavy (non-hydrogen) atoms. The number of carbonyl (C=O) groups is 1. The average molecular weight is 296 g/mol. The molecule has 1 fully saturated rings. The van der Waals surface area contributed by atoms with Gasteiger partial charge in [-0.05, 0) is 25.5 Å². The van der Waals surface area contributed by atoms with E-state index in [2.05, 4.69) is 4.72 Å². The second-order valence-electron chi connectivity index (χ2n) is 4.69. The van der Waals surface area contributed by atoms with Gasteiger partial charge in [-0.25, -0.2) is 4.72 Å². The van der Waals surface area contributed by atoms with Gasteiger partial charge in [-0.15, -0.1) is 0 Å². The maximum absolute atomic E-state index is 11.9. The Morgan fingerprint density at radius 2 is 2.22 bits per heavy atom. The number of carboxylic acid groups (broad SMARTS) is 1. The Morgan fingerprint density at radius 1 is 1.56 bits per heavy atom. The predicted octanol–water partition coefficient (Wildman–Crippen LogP) is 0.513. The lowest BCUT2D eigenvalue weighted by atomic mass is 10.1. The van der Waals surface area contributed by atoms with E-state index in [-0.39, 0.29) is 17.7 Å². The van der Waals surface area contributed by atoms with Crippen LogP contribution in [0.1, 0.15) is 26.2 Å². The van der Waals surface area contributed by atoms with Crippen LogP contribution in [0.3, 0.4) is 0 Å². The molecule has 0 spiro atoms. The van der Waals surface area contributed by atoms with Crippen LogP contribution in [-0.4, -0.2) is 54.4 Å². The fourth-order valence-corrected chi connectivity index (χ4v) is 4.09. The average Bonchev–Trinajstić information content (AvgIpc) is 2.71. The van der Waals surface area contributed by atoms with Gasteiger partial charge in [-0.2, -0.15) is 24.5 Å². The van der Waals surface area contributed by atoms with Gasteiger partial charge in [0.25, 0.3) is 10.2 Å². The summed E-state index contributed by atoms with van der Waals surface area (Å²) in [7, 11) is -2.19. The van der Waals surface area contributed by atoms with Crippen LogP contribution in [0.25, 0.3) is 0 Å². The fourth-order valence-electron chi connectivity index (χ4n) is 1.70. The summed E-state index contributed by atoms with van der Waals surface area (Å²) in [4.78, 5) is 10.4. The van der Waals surface area contributed by atoms with E-state index in [1.54, 1.807) is 11.8 Å². The Kier molecular flexibility index (Phi) is 5.45. The smallest absolute Gasteiger partial charge is 0.304 e. The van der Waals surface area contributed by atoms with Crippen molar-refractivity contribution in [2.45, 2.75) is 30.9 Å². The van der Waals surface area contributed by atoms with E-state index >= 15 is 0 Å². The third-order valence-electron chi connectivity index (χ3n) is 2.98. The molecule has 0 aromatic carbocycles. The molecule has 0 aromatic rings. The second-order valence-corrected chi connectivity index (χ2v) is 8.24. The zero-order valence-corrected chi connectivity index (χ0v) is 12.3. The summed E-state index contributed by atoms with van der Waals surface area (Å²) in [5, 5.41) is 8.53. The normalized spacial score (nSPS) is 24.6. The van der Waals surface area contributed by atoms with Gasteiger partial charge in [0.1, 0.15) is 0 Å². The standard InChI is InChI=1S/C10H20N2O4S2/c1-10(5-3-7-17-10)8-11-18(15,16)12(2)6-4-9(13)14/h11H,3-8H2,1-2H3,(H,13,14). The Hall–Kier alpha value is -0.310. The first-order valence-corrected chi connectivity index (χ1v) is 8.24. The van der Waals surface area contributed by atoms with E-state index in [0.717, 1.165) is 22.9 Å². The molecule has 2 N–H and O–H groups in total. The summed E-state index contributed by atoms with van der Waals surface area (Å²) in [5.41, 5.74) is 0. The van der Waals surface area contributed by atoms with E-state index in [9.17, 15) is 13.2 Å². The van der Waals surface area contributed by atoms with Crippen molar-refractivity contribution in [1.29, 1.82) is 0 Å². The topological polar surface area (TPSA) is 86.7 Å². The Bertz CT molecular complexity index is 391. The third-order valence-corrected chi connectivity index (χ3v) is 6.03. The first-order chi connectivity index (χ1) is 8.25. The lowest BCUT2D eigenvalue weighted by Gasteiger charge is -2.25. The quantitative estimate of drug-likeness (QED) is 0.715. The first kappa shape index (κ1) is 15.7. The molecule has 106 valence electrons. The molecule has 0 amide bonds. The van der Waals surface area contributed by atoms with E-state index in [0.29, 0.717) is 6.54 Å². The Morgan fingerprint density at radius 3 is 2.72 bits per heavy atom. The lowest BCUT2D eigenvalue weighted by Crippen LogP contribution is -2.44. The van der Waals surface area contributed by atoms with Gasteiger partial charge in [0.15, 0.2) is 0 Å². The number of hydrogen-bond acceptors (Lipinski definition) is 4. The van der Waals surface area contributed by atoms with Crippen molar-refractivity contribution in [3.63, 3.8) is 0 Å². The number of rotatable bonds is 7. The summed E-state index contributed by atoms with van der Waals surface area (Å²) in [5.74, 6) is 0.0583. The van der Waals surface area contributed by atoms with Gasteiger partial charge >= 0.3 is 5.97 Å². The van der Waals surface area contributed by atoms with Gasteiger partial charge in [0.05, 0.1) is 6.42 Å². The van der Waals surface area contributed by atoms with Crippen LogP contribution >= 0.6 is 11.8 Å². The molecule has 1 unspecified atom stereocenters. The van der Waals surface area contributed by atoms with Crippen LogP contribution in [0, 0.1) is 0 Å². The number of nitrogens with zero attached hydrogens (tertiary/aromatic N) is 1. The first-order valence-electron chi connectivity index (χ1n) is 5.82. The molecule has 1 rings (SSSR count). The largest absolute Gasteiger partial charge is 0.481 e. The molecule has 6 nitrogen and oxygen atoms in total. The van der Waals surface area contributed by atoms with Crippen LogP contribution in [-0.2, 0) is 15.0 Å². The zero-order chi connectivity index (χ0) is 13.8.